The lowest BCUT2D eigenvalue weighted by atomic mass is 9.63. The number of aliphatic hydroxyl groups is 1. The van der Waals surface area contributed by atoms with Crippen LogP contribution in [0.15, 0.2) is 30.3 Å². The van der Waals surface area contributed by atoms with Crippen molar-refractivity contribution in [3.8, 4) is 0 Å². The van der Waals surface area contributed by atoms with E-state index in [1.54, 1.807) is 0 Å². The molecule has 0 radical (unpaired) electrons. The minimum Gasteiger partial charge on any atom is -0.394 e. The van der Waals surface area contributed by atoms with Gasteiger partial charge in [-0.1, -0.05) is 36.8 Å². The summed E-state index contributed by atoms with van der Waals surface area (Å²) in [4.78, 5) is 12.5. The molecule has 98 valence electrons. The van der Waals surface area contributed by atoms with Crippen LogP contribution in [0.4, 0.5) is 0 Å². The van der Waals surface area contributed by atoms with Crippen molar-refractivity contribution in [2.24, 2.45) is 0 Å². The maximum atomic E-state index is 12.5. The zero-order chi connectivity index (χ0) is 13.2. The molecule has 0 aromatic heterocycles. The van der Waals surface area contributed by atoms with Gasteiger partial charge in [0.2, 0.25) is 5.91 Å². The van der Waals surface area contributed by atoms with Crippen molar-refractivity contribution in [1.29, 1.82) is 0 Å². The standard InChI is InChI=1S/C15H21NO2/c1-14(2,11-17)16-13(18)15(9-6-10-15)12-7-4-3-5-8-12/h3-5,7-8,17H,6,9-11H2,1-2H3,(H,16,18). The van der Waals surface area contributed by atoms with E-state index in [9.17, 15) is 9.90 Å². The monoisotopic (exact) mass is 247 g/mol. The van der Waals surface area contributed by atoms with Gasteiger partial charge in [0.25, 0.3) is 0 Å². The van der Waals surface area contributed by atoms with Gasteiger partial charge in [-0.25, -0.2) is 0 Å². The van der Waals surface area contributed by atoms with E-state index in [2.05, 4.69) is 5.32 Å². The highest BCUT2D eigenvalue weighted by Crippen LogP contribution is 2.44. The summed E-state index contributed by atoms with van der Waals surface area (Å²) in [5.74, 6) is 0.0407. The number of rotatable bonds is 4. The first-order chi connectivity index (χ1) is 8.50. The van der Waals surface area contributed by atoms with Gasteiger partial charge in [-0.3, -0.25) is 4.79 Å². The van der Waals surface area contributed by atoms with E-state index in [0.717, 1.165) is 24.8 Å². The van der Waals surface area contributed by atoms with Crippen molar-refractivity contribution in [2.75, 3.05) is 6.61 Å². The van der Waals surface area contributed by atoms with Gasteiger partial charge in [-0.15, -0.1) is 0 Å². The molecule has 0 saturated heterocycles. The van der Waals surface area contributed by atoms with Crippen LogP contribution in [0.25, 0.3) is 0 Å². The number of nitrogens with one attached hydrogen (secondary N) is 1. The summed E-state index contributed by atoms with van der Waals surface area (Å²) < 4.78 is 0. The molecule has 0 spiro atoms. The fourth-order valence-electron chi connectivity index (χ4n) is 2.40. The average molecular weight is 247 g/mol. The van der Waals surface area contributed by atoms with Crippen LogP contribution in [0.3, 0.4) is 0 Å². The van der Waals surface area contributed by atoms with Crippen LogP contribution in [-0.4, -0.2) is 23.2 Å². The molecule has 1 aliphatic carbocycles. The molecule has 3 heteroatoms. The Morgan fingerprint density at radius 2 is 1.94 bits per heavy atom. The normalized spacial score (nSPS) is 17.9. The third kappa shape index (κ3) is 2.27. The molecular weight excluding hydrogens is 226 g/mol. The lowest BCUT2D eigenvalue weighted by Crippen LogP contribution is -2.56. The van der Waals surface area contributed by atoms with Crippen molar-refractivity contribution in [2.45, 2.75) is 44.1 Å². The van der Waals surface area contributed by atoms with Crippen LogP contribution in [0.2, 0.25) is 0 Å². The molecule has 0 aliphatic heterocycles. The Hall–Kier alpha value is -1.35. The van der Waals surface area contributed by atoms with Gasteiger partial charge in [-0.2, -0.15) is 0 Å². The summed E-state index contributed by atoms with van der Waals surface area (Å²) in [6, 6.07) is 9.94. The second-order valence-electron chi connectivity index (χ2n) is 5.80. The fraction of sp³-hybridized carbons (Fsp3) is 0.533. The van der Waals surface area contributed by atoms with E-state index in [-0.39, 0.29) is 17.9 Å². The Balaban J connectivity index is 2.21. The minimum absolute atomic E-state index is 0.0407. The van der Waals surface area contributed by atoms with Gasteiger partial charge in [0.05, 0.1) is 17.6 Å². The van der Waals surface area contributed by atoms with Gasteiger partial charge in [0.15, 0.2) is 0 Å². The van der Waals surface area contributed by atoms with E-state index in [4.69, 9.17) is 0 Å². The van der Waals surface area contributed by atoms with Gasteiger partial charge < -0.3 is 10.4 Å². The summed E-state index contributed by atoms with van der Waals surface area (Å²) >= 11 is 0. The Kier molecular flexibility index (Phi) is 3.44. The van der Waals surface area contributed by atoms with Crippen LogP contribution >= 0.6 is 0 Å². The van der Waals surface area contributed by atoms with E-state index in [1.165, 1.54) is 0 Å². The first-order valence-corrected chi connectivity index (χ1v) is 6.49. The van der Waals surface area contributed by atoms with Crippen molar-refractivity contribution in [3.63, 3.8) is 0 Å². The maximum Gasteiger partial charge on any atom is 0.231 e. The molecule has 1 aromatic carbocycles. The minimum atomic E-state index is -0.561. The summed E-state index contributed by atoms with van der Waals surface area (Å²) in [5, 5.41) is 12.2. The Morgan fingerprint density at radius 3 is 2.39 bits per heavy atom. The smallest absolute Gasteiger partial charge is 0.231 e. The second-order valence-corrected chi connectivity index (χ2v) is 5.80. The molecule has 18 heavy (non-hydrogen) atoms. The zero-order valence-corrected chi connectivity index (χ0v) is 11.1. The first kappa shape index (κ1) is 13.1. The molecule has 1 amide bonds. The summed E-state index contributed by atoms with van der Waals surface area (Å²) in [6.07, 6.45) is 2.87. The van der Waals surface area contributed by atoms with Gasteiger partial charge in [0, 0.05) is 0 Å². The third-order valence-electron chi connectivity index (χ3n) is 3.82. The summed E-state index contributed by atoms with van der Waals surface area (Å²) in [7, 11) is 0. The molecule has 0 atom stereocenters. The number of benzene rings is 1. The molecule has 1 saturated carbocycles. The highest BCUT2D eigenvalue weighted by atomic mass is 16.3. The number of hydrogen-bond acceptors (Lipinski definition) is 2. The Morgan fingerprint density at radius 1 is 1.33 bits per heavy atom. The molecule has 1 aliphatic rings. The maximum absolute atomic E-state index is 12.5. The van der Waals surface area contributed by atoms with Crippen molar-refractivity contribution >= 4 is 5.91 Å². The van der Waals surface area contributed by atoms with Crippen molar-refractivity contribution in [1.82, 2.24) is 5.32 Å². The predicted octanol–water partition coefficient (Wildman–Crippen LogP) is 2.00. The highest BCUT2D eigenvalue weighted by Gasteiger charge is 2.46. The summed E-state index contributed by atoms with van der Waals surface area (Å²) in [6.45, 7) is 3.62. The molecule has 0 heterocycles. The van der Waals surface area contributed by atoms with Gasteiger partial charge >= 0.3 is 0 Å². The van der Waals surface area contributed by atoms with E-state index in [1.807, 2.05) is 44.2 Å². The third-order valence-corrected chi connectivity index (χ3v) is 3.82. The number of amides is 1. The van der Waals surface area contributed by atoms with Crippen LogP contribution in [0.5, 0.6) is 0 Å². The molecule has 1 aromatic rings. The fourth-order valence-corrected chi connectivity index (χ4v) is 2.40. The number of hydrogen-bond donors (Lipinski definition) is 2. The van der Waals surface area contributed by atoms with Gasteiger partial charge in [-0.05, 0) is 32.3 Å². The van der Waals surface area contributed by atoms with E-state index < -0.39 is 5.54 Å². The molecule has 2 rings (SSSR count). The predicted molar refractivity (Wildman–Crippen MR) is 71.3 cm³/mol. The quantitative estimate of drug-likeness (QED) is 0.855. The summed E-state index contributed by atoms with van der Waals surface area (Å²) in [5.41, 5.74) is 0.143. The molecule has 1 fully saturated rings. The van der Waals surface area contributed by atoms with E-state index >= 15 is 0 Å². The number of carbonyl (C=O) groups is 1. The van der Waals surface area contributed by atoms with E-state index in [0.29, 0.717) is 0 Å². The molecule has 0 bridgehead atoms. The number of aliphatic hydroxyl groups excluding tert-OH is 1. The first-order valence-electron chi connectivity index (χ1n) is 6.49. The number of carbonyl (C=O) groups excluding carboxylic acids is 1. The lowest BCUT2D eigenvalue weighted by Gasteiger charge is -2.42. The molecular formula is C15H21NO2. The Labute approximate surface area is 108 Å². The van der Waals surface area contributed by atoms with Crippen molar-refractivity contribution in [3.05, 3.63) is 35.9 Å². The van der Waals surface area contributed by atoms with Crippen LogP contribution in [-0.2, 0) is 10.2 Å². The second kappa shape index (κ2) is 4.73. The zero-order valence-electron chi connectivity index (χ0n) is 11.1. The van der Waals surface area contributed by atoms with Crippen LogP contribution in [0.1, 0.15) is 38.7 Å². The molecule has 0 unspecified atom stereocenters. The van der Waals surface area contributed by atoms with Crippen LogP contribution in [0, 0.1) is 0 Å². The van der Waals surface area contributed by atoms with Crippen molar-refractivity contribution < 1.29 is 9.90 Å². The largest absolute Gasteiger partial charge is 0.394 e. The van der Waals surface area contributed by atoms with Gasteiger partial charge in [0.1, 0.15) is 0 Å². The Bertz CT molecular complexity index is 421. The topological polar surface area (TPSA) is 49.3 Å². The van der Waals surface area contributed by atoms with Crippen LogP contribution < -0.4 is 5.32 Å². The SMILES string of the molecule is CC(C)(CO)NC(=O)C1(c2ccccc2)CCC1. The average Bonchev–Trinajstić information content (AvgIpc) is 2.28. The molecule has 2 N–H and O–H groups in total. The molecule has 3 nitrogen and oxygen atoms in total. The lowest BCUT2D eigenvalue weighted by molar-refractivity contribution is -0.132. The highest BCUT2D eigenvalue weighted by molar-refractivity contribution is 5.89.